The Morgan fingerprint density at radius 3 is 2.38 bits per heavy atom. The average Bonchev–Trinajstić information content (AvgIpc) is 3.02. The van der Waals surface area contributed by atoms with Gasteiger partial charge in [-0.15, -0.1) is 0 Å². The van der Waals surface area contributed by atoms with E-state index in [9.17, 15) is 14.7 Å². The third-order valence-corrected chi connectivity index (χ3v) is 4.89. The molecule has 1 heterocycles. The monoisotopic (exact) mass is 392 g/mol. The maximum atomic E-state index is 12.9. The predicted molar refractivity (Wildman–Crippen MR) is 111 cm³/mol. The van der Waals surface area contributed by atoms with E-state index in [4.69, 9.17) is 4.74 Å². The van der Waals surface area contributed by atoms with Crippen LogP contribution in [0.25, 0.3) is 5.69 Å². The van der Waals surface area contributed by atoms with Crippen LogP contribution in [0, 0.1) is 13.8 Å². The minimum absolute atomic E-state index is 0.215. The number of hydrogen-bond acceptors (Lipinski definition) is 3. The zero-order valence-corrected chi connectivity index (χ0v) is 16.7. The molecule has 0 fully saturated rings. The third kappa shape index (κ3) is 4.32. The second kappa shape index (κ2) is 8.65. The number of aliphatic carboxylic acids is 1. The summed E-state index contributed by atoms with van der Waals surface area (Å²) in [5.74, 6) is -0.794. The highest BCUT2D eigenvalue weighted by Crippen LogP contribution is 2.28. The first-order chi connectivity index (χ1) is 13.9. The lowest BCUT2D eigenvalue weighted by Crippen LogP contribution is -2.42. The first kappa shape index (κ1) is 20.2. The van der Waals surface area contributed by atoms with E-state index in [1.807, 2.05) is 73.0 Å². The van der Waals surface area contributed by atoms with Gasteiger partial charge in [-0.05, 0) is 37.6 Å². The minimum atomic E-state index is -1.07. The van der Waals surface area contributed by atoms with Gasteiger partial charge in [-0.25, -0.2) is 4.79 Å². The van der Waals surface area contributed by atoms with Gasteiger partial charge in [0.1, 0.15) is 11.8 Å². The molecule has 1 aromatic heterocycles. The molecular weight excluding hydrogens is 368 g/mol. The summed E-state index contributed by atoms with van der Waals surface area (Å²) < 4.78 is 7.37. The standard InChI is InChI=1S/C23H24N2O4/c1-15-13-18(16(2)25(15)20-11-7-8-12-21(20)29-3)22(26)24-19(23(27)28)14-17-9-5-4-6-10-17/h4-13,19H,14H2,1-3H3,(H,24,26)(H,27,28). The van der Waals surface area contributed by atoms with Crippen LogP contribution in [0.3, 0.4) is 0 Å². The zero-order chi connectivity index (χ0) is 21.0. The molecule has 1 amide bonds. The normalized spacial score (nSPS) is 11.7. The van der Waals surface area contributed by atoms with Gasteiger partial charge in [-0.3, -0.25) is 4.79 Å². The minimum Gasteiger partial charge on any atom is -0.495 e. The fourth-order valence-electron chi connectivity index (χ4n) is 3.46. The van der Waals surface area contributed by atoms with Crippen molar-refractivity contribution in [1.29, 1.82) is 0 Å². The van der Waals surface area contributed by atoms with Crippen molar-refractivity contribution in [2.24, 2.45) is 0 Å². The van der Waals surface area contributed by atoms with E-state index in [2.05, 4.69) is 5.32 Å². The number of carboxylic acid groups (broad SMARTS) is 1. The smallest absolute Gasteiger partial charge is 0.326 e. The van der Waals surface area contributed by atoms with E-state index >= 15 is 0 Å². The molecule has 2 aromatic carbocycles. The number of rotatable bonds is 7. The molecule has 3 aromatic rings. The van der Waals surface area contributed by atoms with E-state index in [0.29, 0.717) is 17.0 Å². The first-order valence-electron chi connectivity index (χ1n) is 9.32. The number of methoxy groups -OCH3 is 1. The number of carbonyl (C=O) groups is 2. The summed E-state index contributed by atoms with van der Waals surface area (Å²) in [6.45, 7) is 3.73. The van der Waals surface area contributed by atoms with E-state index in [1.54, 1.807) is 13.2 Å². The number of nitrogens with one attached hydrogen (secondary N) is 1. The van der Waals surface area contributed by atoms with Gasteiger partial charge < -0.3 is 19.7 Å². The molecular formula is C23H24N2O4. The van der Waals surface area contributed by atoms with Crippen LogP contribution in [0.2, 0.25) is 0 Å². The molecule has 150 valence electrons. The number of carboxylic acids is 1. The van der Waals surface area contributed by atoms with Gasteiger partial charge >= 0.3 is 5.97 Å². The van der Waals surface area contributed by atoms with Crippen LogP contribution < -0.4 is 10.1 Å². The van der Waals surface area contributed by atoms with Crippen molar-refractivity contribution < 1.29 is 19.4 Å². The van der Waals surface area contributed by atoms with Crippen molar-refractivity contribution in [2.75, 3.05) is 7.11 Å². The van der Waals surface area contributed by atoms with Gasteiger partial charge in [0.05, 0.1) is 18.4 Å². The van der Waals surface area contributed by atoms with Crippen LogP contribution >= 0.6 is 0 Å². The number of aromatic nitrogens is 1. The summed E-state index contributed by atoms with van der Waals surface area (Å²) in [7, 11) is 1.60. The molecule has 6 heteroatoms. The molecule has 29 heavy (non-hydrogen) atoms. The van der Waals surface area contributed by atoms with Crippen LogP contribution in [0.1, 0.15) is 27.3 Å². The molecule has 0 aliphatic carbocycles. The van der Waals surface area contributed by atoms with Crippen LogP contribution in [-0.4, -0.2) is 34.7 Å². The molecule has 6 nitrogen and oxygen atoms in total. The Morgan fingerprint density at radius 1 is 1.07 bits per heavy atom. The fourth-order valence-corrected chi connectivity index (χ4v) is 3.46. The molecule has 0 aliphatic rings. The number of ether oxygens (including phenoxy) is 1. The van der Waals surface area contributed by atoms with Gasteiger partial charge in [0.2, 0.25) is 0 Å². The Balaban J connectivity index is 1.88. The number of para-hydroxylation sites is 2. The molecule has 2 N–H and O–H groups in total. The lowest BCUT2D eigenvalue weighted by Gasteiger charge is -2.16. The molecule has 0 spiro atoms. The SMILES string of the molecule is COc1ccccc1-n1c(C)cc(C(=O)NC(Cc2ccccc2)C(=O)O)c1C. The predicted octanol–water partition coefficient (Wildman–Crippen LogP) is 3.53. The van der Waals surface area contributed by atoms with E-state index in [1.165, 1.54) is 0 Å². The van der Waals surface area contributed by atoms with Crippen LogP contribution in [-0.2, 0) is 11.2 Å². The van der Waals surface area contributed by atoms with Crippen molar-refractivity contribution in [2.45, 2.75) is 26.3 Å². The topological polar surface area (TPSA) is 80.6 Å². The summed E-state index contributed by atoms with van der Waals surface area (Å²) in [5, 5.41) is 12.2. The van der Waals surface area contributed by atoms with Crippen LogP contribution in [0.5, 0.6) is 5.75 Å². The summed E-state index contributed by atoms with van der Waals surface area (Å²) in [6.07, 6.45) is 0.215. The Labute approximate surface area is 169 Å². The van der Waals surface area contributed by atoms with Gasteiger partial charge in [0.25, 0.3) is 5.91 Å². The van der Waals surface area contributed by atoms with Gasteiger partial charge in [-0.1, -0.05) is 42.5 Å². The first-order valence-corrected chi connectivity index (χ1v) is 9.32. The van der Waals surface area contributed by atoms with Crippen molar-refractivity contribution in [3.8, 4) is 11.4 Å². The quantitative estimate of drug-likeness (QED) is 0.645. The molecule has 0 radical (unpaired) electrons. The number of amides is 1. The molecule has 0 bridgehead atoms. The maximum absolute atomic E-state index is 12.9. The van der Waals surface area contributed by atoms with Crippen LogP contribution in [0.15, 0.2) is 60.7 Å². The number of aryl methyl sites for hydroxylation is 1. The second-order valence-corrected chi connectivity index (χ2v) is 6.85. The molecule has 1 atom stereocenters. The van der Waals surface area contributed by atoms with Crippen molar-refractivity contribution >= 4 is 11.9 Å². The lowest BCUT2D eigenvalue weighted by molar-refractivity contribution is -0.139. The van der Waals surface area contributed by atoms with Gasteiger partial charge in [0.15, 0.2) is 0 Å². The van der Waals surface area contributed by atoms with Crippen molar-refractivity contribution in [3.05, 3.63) is 83.2 Å². The summed E-state index contributed by atoms with van der Waals surface area (Å²) in [4.78, 5) is 24.6. The second-order valence-electron chi connectivity index (χ2n) is 6.85. The maximum Gasteiger partial charge on any atom is 0.326 e. The van der Waals surface area contributed by atoms with Crippen molar-refractivity contribution in [3.63, 3.8) is 0 Å². The van der Waals surface area contributed by atoms with E-state index < -0.39 is 17.9 Å². The highest BCUT2D eigenvalue weighted by Gasteiger charge is 2.24. The summed E-state index contributed by atoms with van der Waals surface area (Å²) in [6, 6.07) is 17.5. The van der Waals surface area contributed by atoms with E-state index in [-0.39, 0.29) is 6.42 Å². The van der Waals surface area contributed by atoms with Gasteiger partial charge in [0, 0.05) is 17.8 Å². The highest BCUT2D eigenvalue weighted by atomic mass is 16.5. The number of hydrogen-bond donors (Lipinski definition) is 2. The fraction of sp³-hybridized carbons (Fsp3) is 0.217. The summed E-state index contributed by atoms with van der Waals surface area (Å²) in [5.41, 5.74) is 3.68. The number of carbonyl (C=O) groups excluding carboxylic acids is 1. The molecule has 1 unspecified atom stereocenters. The highest BCUT2D eigenvalue weighted by molar-refractivity contribution is 5.98. The Hall–Kier alpha value is -3.54. The largest absolute Gasteiger partial charge is 0.495 e. The molecule has 0 saturated heterocycles. The molecule has 0 saturated carbocycles. The average molecular weight is 392 g/mol. The van der Waals surface area contributed by atoms with Crippen molar-refractivity contribution in [1.82, 2.24) is 9.88 Å². The third-order valence-electron chi connectivity index (χ3n) is 4.89. The summed E-state index contributed by atoms with van der Waals surface area (Å²) >= 11 is 0. The lowest BCUT2D eigenvalue weighted by atomic mass is 10.1. The number of nitrogens with zero attached hydrogens (tertiary/aromatic N) is 1. The van der Waals surface area contributed by atoms with Crippen LogP contribution in [0.4, 0.5) is 0 Å². The molecule has 0 aliphatic heterocycles. The molecule has 3 rings (SSSR count). The Bertz CT molecular complexity index is 1020. The number of benzene rings is 2. The zero-order valence-electron chi connectivity index (χ0n) is 16.7. The Morgan fingerprint density at radius 2 is 1.72 bits per heavy atom. The Kier molecular flexibility index (Phi) is 6.02. The van der Waals surface area contributed by atoms with Gasteiger partial charge in [-0.2, -0.15) is 0 Å². The van der Waals surface area contributed by atoms with E-state index in [0.717, 1.165) is 16.9 Å².